The Hall–Kier alpha value is -4.26. The minimum Gasteiger partial charge on any atom is -0.488 e. The van der Waals surface area contributed by atoms with E-state index in [-0.39, 0.29) is 18.5 Å². The van der Waals surface area contributed by atoms with E-state index in [1.54, 1.807) is 12.1 Å². The van der Waals surface area contributed by atoms with Crippen molar-refractivity contribution >= 4 is 22.7 Å². The van der Waals surface area contributed by atoms with E-state index >= 15 is 0 Å². The number of aliphatic hydroxyl groups excluding tert-OH is 1. The SMILES string of the molecule is CN1CC[C@@H](n2c(=NC#N)[nH]c3cc(C=C4c5ccc(F)cc5OCc5c(F)cccc54)ccc32)[C@H](O)C1. The first kappa shape index (κ1) is 24.1. The number of benzene rings is 3. The molecular formula is C29H25F2N5O2. The first-order valence-electron chi connectivity index (χ1n) is 12.4. The quantitative estimate of drug-likeness (QED) is 0.390. The van der Waals surface area contributed by atoms with Crippen LogP contribution in [0.1, 0.15) is 34.7 Å². The number of β-amino-alcohol motifs (C(OH)–C–C–N with tert-alkyl or cyclic N) is 1. The number of nitriles is 1. The van der Waals surface area contributed by atoms with E-state index in [2.05, 4.69) is 14.9 Å². The summed E-state index contributed by atoms with van der Waals surface area (Å²) in [6, 6.07) is 14.7. The van der Waals surface area contributed by atoms with Gasteiger partial charge in [-0.3, -0.25) is 0 Å². The summed E-state index contributed by atoms with van der Waals surface area (Å²) in [5.41, 5.74) is 5.17. The summed E-state index contributed by atoms with van der Waals surface area (Å²) in [6.45, 7) is 1.33. The van der Waals surface area contributed by atoms with E-state index in [0.29, 0.717) is 46.6 Å². The number of imidazole rings is 1. The van der Waals surface area contributed by atoms with Crippen molar-refractivity contribution < 1.29 is 18.6 Å². The second-order valence-corrected chi connectivity index (χ2v) is 9.75. The minimum absolute atomic E-state index is 0.0105. The molecule has 1 saturated heterocycles. The van der Waals surface area contributed by atoms with Crippen molar-refractivity contribution in [2.45, 2.75) is 25.2 Å². The molecule has 7 nitrogen and oxygen atoms in total. The zero-order valence-electron chi connectivity index (χ0n) is 20.7. The van der Waals surface area contributed by atoms with Crippen LogP contribution < -0.4 is 10.4 Å². The van der Waals surface area contributed by atoms with Crippen molar-refractivity contribution in [3.05, 3.63) is 94.1 Å². The molecule has 1 fully saturated rings. The van der Waals surface area contributed by atoms with Crippen molar-refractivity contribution in [1.82, 2.24) is 14.5 Å². The van der Waals surface area contributed by atoms with Gasteiger partial charge in [-0.2, -0.15) is 5.26 Å². The van der Waals surface area contributed by atoms with Gasteiger partial charge in [0, 0.05) is 30.3 Å². The van der Waals surface area contributed by atoms with Crippen LogP contribution in [-0.4, -0.2) is 45.8 Å². The van der Waals surface area contributed by atoms with E-state index in [1.807, 2.05) is 48.1 Å². The molecule has 0 radical (unpaired) electrons. The van der Waals surface area contributed by atoms with Crippen LogP contribution in [0, 0.1) is 23.1 Å². The van der Waals surface area contributed by atoms with Crippen LogP contribution in [0.2, 0.25) is 0 Å². The number of likely N-dealkylation sites (tertiary alicyclic amines) is 1. The van der Waals surface area contributed by atoms with E-state index in [4.69, 9.17) is 4.74 Å². The molecule has 2 aliphatic rings. The maximum absolute atomic E-state index is 14.8. The third-order valence-corrected chi connectivity index (χ3v) is 7.32. The number of nitrogens with zero attached hydrogens (tertiary/aromatic N) is 4. The van der Waals surface area contributed by atoms with Crippen molar-refractivity contribution in [3.63, 3.8) is 0 Å². The maximum Gasteiger partial charge on any atom is 0.219 e. The Morgan fingerprint density at radius 3 is 2.84 bits per heavy atom. The monoisotopic (exact) mass is 513 g/mol. The Balaban J connectivity index is 1.52. The normalized spacial score (nSPS) is 21.0. The van der Waals surface area contributed by atoms with Gasteiger partial charge >= 0.3 is 0 Å². The molecule has 38 heavy (non-hydrogen) atoms. The van der Waals surface area contributed by atoms with Gasteiger partial charge in [-0.1, -0.05) is 18.2 Å². The Morgan fingerprint density at radius 1 is 1.16 bits per heavy atom. The van der Waals surface area contributed by atoms with Gasteiger partial charge in [-0.15, -0.1) is 4.99 Å². The summed E-state index contributed by atoms with van der Waals surface area (Å²) in [5, 5.41) is 20.1. The van der Waals surface area contributed by atoms with Crippen LogP contribution in [0.25, 0.3) is 22.7 Å². The average Bonchev–Trinajstić information content (AvgIpc) is 3.15. The van der Waals surface area contributed by atoms with Crippen molar-refractivity contribution in [3.8, 4) is 11.9 Å². The van der Waals surface area contributed by atoms with Gasteiger partial charge in [0.15, 0.2) is 0 Å². The molecule has 9 heteroatoms. The summed E-state index contributed by atoms with van der Waals surface area (Å²) in [6.07, 6.45) is 3.88. The molecular weight excluding hydrogens is 488 g/mol. The number of piperidine rings is 1. The molecule has 192 valence electrons. The molecule has 4 aromatic rings. The fourth-order valence-electron chi connectivity index (χ4n) is 5.50. The number of rotatable bonds is 2. The van der Waals surface area contributed by atoms with E-state index in [1.165, 1.54) is 18.2 Å². The summed E-state index contributed by atoms with van der Waals surface area (Å²) < 4.78 is 36.5. The lowest BCUT2D eigenvalue weighted by Gasteiger charge is -2.34. The van der Waals surface area contributed by atoms with Crippen LogP contribution in [0.15, 0.2) is 59.6 Å². The van der Waals surface area contributed by atoms with E-state index in [9.17, 15) is 19.1 Å². The first-order valence-corrected chi connectivity index (χ1v) is 12.4. The van der Waals surface area contributed by atoms with Crippen LogP contribution in [0.5, 0.6) is 5.75 Å². The van der Waals surface area contributed by atoms with Crippen LogP contribution >= 0.6 is 0 Å². The number of aromatic nitrogens is 2. The largest absolute Gasteiger partial charge is 0.488 e. The standard InChI is InChI=1S/C29H25F2N5O2/c1-35-10-9-26(27(37)14-35)36-25-8-5-17(12-24(25)34-29(36)33-16-32)11-21-19-3-2-4-23(31)22(19)15-38-28-13-18(30)6-7-20(21)28/h2-8,11-13,26-27,37H,9-10,14-15H2,1H3,(H,33,34)/t26-,27-/m1/s1. The Kier molecular flexibility index (Phi) is 6.06. The molecule has 1 aromatic heterocycles. The highest BCUT2D eigenvalue weighted by Gasteiger charge is 2.29. The summed E-state index contributed by atoms with van der Waals surface area (Å²) >= 11 is 0. The van der Waals surface area contributed by atoms with Crippen LogP contribution in [-0.2, 0) is 6.61 Å². The highest BCUT2D eigenvalue weighted by molar-refractivity contribution is 5.95. The number of ether oxygens (including phenoxy) is 1. The van der Waals surface area contributed by atoms with Crippen molar-refractivity contribution in [2.75, 3.05) is 20.1 Å². The lowest BCUT2D eigenvalue weighted by Crippen LogP contribution is -2.44. The van der Waals surface area contributed by atoms with Gasteiger partial charge in [-0.25, -0.2) is 8.78 Å². The van der Waals surface area contributed by atoms with Crippen LogP contribution in [0.3, 0.4) is 0 Å². The predicted molar refractivity (Wildman–Crippen MR) is 139 cm³/mol. The second kappa shape index (κ2) is 9.56. The number of aromatic amines is 1. The number of aliphatic hydroxyl groups is 1. The molecule has 0 saturated carbocycles. The predicted octanol–water partition coefficient (Wildman–Crippen LogP) is 4.35. The zero-order chi connectivity index (χ0) is 26.4. The highest BCUT2D eigenvalue weighted by atomic mass is 19.1. The summed E-state index contributed by atoms with van der Waals surface area (Å²) in [7, 11) is 1.97. The van der Waals surface area contributed by atoms with Gasteiger partial charge in [0.1, 0.15) is 24.0 Å². The third-order valence-electron chi connectivity index (χ3n) is 7.32. The Labute approximate surface area is 217 Å². The second-order valence-electron chi connectivity index (χ2n) is 9.75. The van der Waals surface area contributed by atoms with Gasteiger partial charge in [0.25, 0.3) is 0 Å². The summed E-state index contributed by atoms with van der Waals surface area (Å²) in [5.74, 6) is -0.476. The lowest BCUT2D eigenvalue weighted by molar-refractivity contribution is 0.0381. The third kappa shape index (κ3) is 4.18. The molecule has 0 aliphatic carbocycles. The van der Waals surface area contributed by atoms with Gasteiger partial charge in [0.05, 0.1) is 23.2 Å². The maximum atomic E-state index is 14.8. The Bertz CT molecular complexity index is 1700. The summed E-state index contributed by atoms with van der Waals surface area (Å²) in [4.78, 5) is 9.28. The molecule has 0 unspecified atom stereocenters. The molecule has 2 atom stereocenters. The fraction of sp³-hybridized carbons (Fsp3) is 0.241. The minimum atomic E-state index is -0.610. The van der Waals surface area contributed by atoms with Crippen molar-refractivity contribution in [2.24, 2.45) is 4.99 Å². The molecule has 0 amide bonds. The smallest absolute Gasteiger partial charge is 0.219 e. The molecule has 0 bridgehead atoms. The van der Waals surface area contributed by atoms with Crippen LogP contribution in [0.4, 0.5) is 8.78 Å². The van der Waals surface area contributed by atoms with Crippen molar-refractivity contribution in [1.29, 1.82) is 5.26 Å². The molecule has 0 spiro atoms. The topological polar surface area (TPSA) is 89.6 Å². The molecule has 2 aliphatic heterocycles. The number of fused-ring (bicyclic) bond motifs is 3. The first-order chi connectivity index (χ1) is 18.4. The number of hydrogen-bond donors (Lipinski definition) is 2. The molecule has 3 aromatic carbocycles. The number of H-pyrrole nitrogens is 1. The average molecular weight is 514 g/mol. The van der Waals surface area contributed by atoms with E-state index < -0.39 is 11.9 Å². The molecule has 2 N–H and O–H groups in total. The highest BCUT2D eigenvalue weighted by Crippen LogP contribution is 2.39. The number of nitrogens with one attached hydrogen (secondary N) is 1. The fourth-order valence-corrected chi connectivity index (χ4v) is 5.50. The lowest BCUT2D eigenvalue weighted by atomic mass is 9.92. The number of hydrogen-bond acceptors (Lipinski definition) is 5. The number of halogens is 2. The van der Waals surface area contributed by atoms with E-state index in [0.717, 1.165) is 23.1 Å². The molecule has 6 rings (SSSR count). The van der Waals surface area contributed by atoms with Gasteiger partial charge in [-0.05, 0) is 66.6 Å². The zero-order valence-corrected chi connectivity index (χ0v) is 20.7. The van der Waals surface area contributed by atoms with Gasteiger partial charge in [0.2, 0.25) is 11.8 Å². The molecule has 3 heterocycles. The van der Waals surface area contributed by atoms with Gasteiger partial charge < -0.3 is 24.3 Å². The Morgan fingerprint density at radius 2 is 2.03 bits per heavy atom. The number of likely N-dealkylation sites (N-methyl/N-ethyl adjacent to an activating group) is 1.